The van der Waals surface area contributed by atoms with Crippen LogP contribution in [0.3, 0.4) is 0 Å². The third-order valence-electron chi connectivity index (χ3n) is 2.71. The second-order valence-corrected chi connectivity index (χ2v) is 4.67. The number of phenolic OH excluding ortho intramolecular Hbond substituents is 1. The standard InChI is InChI=1S/C14H20N2O4/c1-10(9-11-4-6-12(17)7-5-11)16-14(20)15-8-2-3-13(18)19/h4-7,10,17H,2-3,8-9H2,1H3,(H,18,19)(H2,15,16,20). The highest BCUT2D eigenvalue weighted by Crippen LogP contribution is 2.11. The van der Waals surface area contributed by atoms with Crippen molar-refractivity contribution in [2.45, 2.75) is 32.2 Å². The van der Waals surface area contributed by atoms with Gasteiger partial charge in [0.1, 0.15) is 5.75 Å². The predicted molar refractivity (Wildman–Crippen MR) is 74.7 cm³/mol. The molecular formula is C14H20N2O4. The molecule has 4 N–H and O–H groups in total. The van der Waals surface area contributed by atoms with Crippen molar-refractivity contribution in [3.63, 3.8) is 0 Å². The number of carbonyl (C=O) groups excluding carboxylic acids is 1. The molecule has 0 aliphatic heterocycles. The number of nitrogens with one attached hydrogen (secondary N) is 2. The van der Waals surface area contributed by atoms with Crippen LogP contribution < -0.4 is 10.6 Å². The van der Waals surface area contributed by atoms with Crippen LogP contribution in [0.15, 0.2) is 24.3 Å². The van der Waals surface area contributed by atoms with Gasteiger partial charge in [0, 0.05) is 19.0 Å². The van der Waals surface area contributed by atoms with E-state index in [1.165, 1.54) is 0 Å². The number of carbonyl (C=O) groups is 2. The number of hydrogen-bond donors (Lipinski definition) is 4. The Bertz CT molecular complexity index is 445. The first-order valence-corrected chi connectivity index (χ1v) is 6.51. The monoisotopic (exact) mass is 280 g/mol. The van der Waals surface area contributed by atoms with E-state index in [1.54, 1.807) is 24.3 Å². The van der Waals surface area contributed by atoms with Crippen LogP contribution in [0.25, 0.3) is 0 Å². The average Bonchev–Trinajstić information content (AvgIpc) is 2.37. The number of carboxylic acids is 1. The van der Waals surface area contributed by atoms with Gasteiger partial charge < -0.3 is 20.8 Å². The fourth-order valence-electron chi connectivity index (χ4n) is 1.75. The first kappa shape index (κ1) is 15.8. The minimum atomic E-state index is -0.868. The van der Waals surface area contributed by atoms with Crippen LogP contribution in [0.1, 0.15) is 25.3 Å². The van der Waals surface area contributed by atoms with Crippen LogP contribution in [-0.2, 0) is 11.2 Å². The summed E-state index contributed by atoms with van der Waals surface area (Å²) in [4.78, 5) is 21.8. The van der Waals surface area contributed by atoms with E-state index in [1.807, 2.05) is 6.92 Å². The number of amides is 2. The number of phenols is 1. The smallest absolute Gasteiger partial charge is 0.315 e. The first-order valence-electron chi connectivity index (χ1n) is 6.51. The molecule has 1 rings (SSSR count). The summed E-state index contributed by atoms with van der Waals surface area (Å²) < 4.78 is 0. The number of carboxylic acid groups (broad SMARTS) is 1. The molecule has 2 amide bonds. The molecule has 0 aliphatic carbocycles. The summed E-state index contributed by atoms with van der Waals surface area (Å²) in [5, 5.41) is 23.0. The van der Waals surface area contributed by atoms with Gasteiger partial charge in [0.2, 0.25) is 0 Å². The molecule has 0 bridgehead atoms. The maximum Gasteiger partial charge on any atom is 0.315 e. The van der Waals surface area contributed by atoms with Crippen molar-refractivity contribution in [3.8, 4) is 5.75 Å². The summed E-state index contributed by atoms with van der Waals surface area (Å²) in [5.41, 5.74) is 1.02. The maximum absolute atomic E-state index is 11.5. The molecule has 1 aromatic rings. The molecule has 110 valence electrons. The molecule has 6 nitrogen and oxygen atoms in total. The molecule has 6 heteroatoms. The zero-order chi connectivity index (χ0) is 15.0. The topological polar surface area (TPSA) is 98.7 Å². The Labute approximate surface area is 117 Å². The fraction of sp³-hybridized carbons (Fsp3) is 0.429. The molecule has 0 radical (unpaired) electrons. The van der Waals surface area contributed by atoms with Crippen molar-refractivity contribution in [1.82, 2.24) is 10.6 Å². The molecule has 0 fully saturated rings. The minimum Gasteiger partial charge on any atom is -0.508 e. The Morgan fingerprint density at radius 3 is 2.50 bits per heavy atom. The van der Waals surface area contributed by atoms with E-state index >= 15 is 0 Å². The van der Waals surface area contributed by atoms with E-state index in [0.29, 0.717) is 19.4 Å². The largest absolute Gasteiger partial charge is 0.508 e. The molecule has 1 unspecified atom stereocenters. The Balaban J connectivity index is 2.24. The molecule has 1 atom stereocenters. The van der Waals surface area contributed by atoms with E-state index in [0.717, 1.165) is 5.56 Å². The molecule has 0 spiro atoms. The highest BCUT2D eigenvalue weighted by molar-refractivity contribution is 5.74. The van der Waals surface area contributed by atoms with Crippen molar-refractivity contribution in [2.24, 2.45) is 0 Å². The summed E-state index contributed by atoms with van der Waals surface area (Å²) >= 11 is 0. The van der Waals surface area contributed by atoms with E-state index < -0.39 is 5.97 Å². The van der Waals surface area contributed by atoms with Crippen molar-refractivity contribution >= 4 is 12.0 Å². The van der Waals surface area contributed by atoms with Crippen LogP contribution in [0.4, 0.5) is 4.79 Å². The zero-order valence-corrected chi connectivity index (χ0v) is 11.4. The number of aromatic hydroxyl groups is 1. The Kier molecular flexibility index (Phi) is 6.36. The average molecular weight is 280 g/mol. The molecule has 1 aromatic carbocycles. The summed E-state index contributed by atoms with van der Waals surface area (Å²) in [6, 6.07) is 6.46. The van der Waals surface area contributed by atoms with E-state index in [9.17, 15) is 14.7 Å². The molecule has 0 heterocycles. The summed E-state index contributed by atoms with van der Waals surface area (Å²) in [6.45, 7) is 2.22. The molecule has 0 saturated heterocycles. The second-order valence-electron chi connectivity index (χ2n) is 4.67. The van der Waals surface area contributed by atoms with Gasteiger partial charge in [-0.3, -0.25) is 4.79 Å². The van der Waals surface area contributed by atoms with Crippen LogP contribution in [0, 0.1) is 0 Å². The van der Waals surface area contributed by atoms with E-state index in [2.05, 4.69) is 10.6 Å². The lowest BCUT2D eigenvalue weighted by Crippen LogP contribution is -2.42. The maximum atomic E-state index is 11.5. The quantitative estimate of drug-likeness (QED) is 0.569. The third kappa shape index (κ3) is 6.63. The summed E-state index contributed by atoms with van der Waals surface area (Å²) in [6.07, 6.45) is 1.11. The SMILES string of the molecule is CC(Cc1ccc(O)cc1)NC(=O)NCCCC(=O)O. The lowest BCUT2D eigenvalue weighted by molar-refractivity contribution is -0.137. The van der Waals surface area contributed by atoms with Crippen molar-refractivity contribution < 1.29 is 19.8 Å². The van der Waals surface area contributed by atoms with Crippen molar-refractivity contribution in [3.05, 3.63) is 29.8 Å². The number of aliphatic carboxylic acids is 1. The molecule has 0 aromatic heterocycles. The van der Waals surface area contributed by atoms with Crippen LogP contribution in [-0.4, -0.2) is 34.8 Å². The van der Waals surface area contributed by atoms with Crippen LogP contribution in [0.5, 0.6) is 5.75 Å². The Hall–Kier alpha value is -2.24. The van der Waals surface area contributed by atoms with Crippen molar-refractivity contribution in [1.29, 1.82) is 0 Å². The van der Waals surface area contributed by atoms with Crippen molar-refractivity contribution in [2.75, 3.05) is 6.54 Å². The first-order chi connectivity index (χ1) is 9.47. The lowest BCUT2D eigenvalue weighted by atomic mass is 10.1. The number of hydrogen-bond acceptors (Lipinski definition) is 3. The summed E-state index contributed by atoms with van der Waals surface area (Å²) in [7, 11) is 0. The molecule has 20 heavy (non-hydrogen) atoms. The van der Waals surface area contributed by atoms with E-state index in [-0.39, 0.29) is 24.2 Å². The minimum absolute atomic E-state index is 0.0450. The molecule has 0 saturated carbocycles. The zero-order valence-electron chi connectivity index (χ0n) is 11.4. The fourth-order valence-corrected chi connectivity index (χ4v) is 1.75. The van der Waals surface area contributed by atoms with Gasteiger partial charge in [-0.15, -0.1) is 0 Å². The normalized spacial score (nSPS) is 11.7. The van der Waals surface area contributed by atoms with E-state index in [4.69, 9.17) is 5.11 Å². The molecular weight excluding hydrogens is 260 g/mol. The van der Waals surface area contributed by atoms with Gasteiger partial charge in [-0.2, -0.15) is 0 Å². The summed E-state index contributed by atoms with van der Waals surface area (Å²) in [5.74, 6) is -0.654. The van der Waals surface area contributed by atoms with Gasteiger partial charge in [0.25, 0.3) is 0 Å². The van der Waals surface area contributed by atoms with Gasteiger partial charge in [-0.25, -0.2) is 4.79 Å². The highest BCUT2D eigenvalue weighted by atomic mass is 16.4. The second kappa shape index (κ2) is 8.04. The van der Waals surface area contributed by atoms with Gasteiger partial charge in [-0.05, 0) is 37.5 Å². The van der Waals surface area contributed by atoms with Crippen LogP contribution >= 0.6 is 0 Å². The van der Waals surface area contributed by atoms with Gasteiger partial charge >= 0.3 is 12.0 Å². The lowest BCUT2D eigenvalue weighted by Gasteiger charge is -2.14. The number of rotatable bonds is 7. The van der Waals surface area contributed by atoms with Crippen LogP contribution in [0.2, 0.25) is 0 Å². The van der Waals surface area contributed by atoms with Gasteiger partial charge in [0.05, 0.1) is 0 Å². The number of benzene rings is 1. The molecule has 0 aliphatic rings. The Morgan fingerprint density at radius 2 is 1.90 bits per heavy atom. The third-order valence-corrected chi connectivity index (χ3v) is 2.71. The number of urea groups is 1. The van der Waals surface area contributed by atoms with Gasteiger partial charge in [0.15, 0.2) is 0 Å². The predicted octanol–water partition coefficient (Wildman–Crippen LogP) is 1.49. The Morgan fingerprint density at radius 1 is 1.25 bits per heavy atom. The van der Waals surface area contributed by atoms with Gasteiger partial charge in [-0.1, -0.05) is 12.1 Å². The highest BCUT2D eigenvalue weighted by Gasteiger charge is 2.07.